The van der Waals surface area contributed by atoms with E-state index in [4.69, 9.17) is 5.11 Å². The van der Waals surface area contributed by atoms with Gasteiger partial charge in [0.05, 0.1) is 0 Å². The summed E-state index contributed by atoms with van der Waals surface area (Å²) in [5, 5.41) is 10.9. The number of piperidine rings is 1. The lowest BCUT2D eigenvalue weighted by Gasteiger charge is -2.52. The van der Waals surface area contributed by atoms with Crippen LogP contribution in [0.4, 0.5) is 0 Å². The minimum Gasteiger partial charge on any atom is -0.384 e. The minimum absolute atomic E-state index is 0.0681. The molecule has 2 aliphatic heterocycles. The van der Waals surface area contributed by atoms with Gasteiger partial charge in [0.15, 0.2) is 0 Å². The first-order chi connectivity index (χ1) is 11.1. The summed E-state index contributed by atoms with van der Waals surface area (Å²) in [6.45, 7) is 6.89. The van der Waals surface area contributed by atoms with E-state index in [1.165, 1.54) is 50.4 Å². The van der Waals surface area contributed by atoms with Crippen LogP contribution in [0.25, 0.3) is 0 Å². The molecule has 1 spiro atoms. The van der Waals surface area contributed by atoms with Crippen molar-refractivity contribution in [2.45, 2.75) is 24.9 Å². The molecular formula is C18H27N3OS. The molecule has 0 aromatic carbocycles. The summed E-state index contributed by atoms with van der Waals surface area (Å²) in [6, 6.07) is 2.16. The zero-order chi connectivity index (χ0) is 16.3. The van der Waals surface area contributed by atoms with E-state index in [1.807, 2.05) is 0 Å². The van der Waals surface area contributed by atoms with Crippen molar-refractivity contribution in [2.24, 2.45) is 0 Å². The number of thiophene rings is 1. The van der Waals surface area contributed by atoms with Crippen molar-refractivity contribution in [2.75, 3.05) is 53.4 Å². The van der Waals surface area contributed by atoms with Gasteiger partial charge in [0.2, 0.25) is 0 Å². The highest BCUT2D eigenvalue weighted by atomic mass is 32.1. The van der Waals surface area contributed by atoms with Gasteiger partial charge >= 0.3 is 0 Å². The van der Waals surface area contributed by atoms with Gasteiger partial charge in [-0.3, -0.25) is 9.80 Å². The Morgan fingerprint density at radius 3 is 2.74 bits per heavy atom. The molecule has 5 heteroatoms. The van der Waals surface area contributed by atoms with Crippen molar-refractivity contribution in [3.8, 4) is 11.8 Å². The van der Waals surface area contributed by atoms with Gasteiger partial charge in [0, 0.05) is 60.6 Å². The molecule has 2 aliphatic rings. The second-order valence-electron chi connectivity index (χ2n) is 6.92. The van der Waals surface area contributed by atoms with Crippen LogP contribution in [0.1, 0.15) is 23.3 Å². The topological polar surface area (TPSA) is 30.0 Å². The van der Waals surface area contributed by atoms with Crippen LogP contribution in [0.5, 0.6) is 0 Å². The van der Waals surface area contributed by atoms with E-state index in [9.17, 15) is 0 Å². The van der Waals surface area contributed by atoms with Crippen molar-refractivity contribution in [3.05, 3.63) is 21.9 Å². The predicted octanol–water partition coefficient (Wildman–Crippen LogP) is 1.30. The maximum absolute atomic E-state index is 8.77. The van der Waals surface area contributed by atoms with Crippen molar-refractivity contribution in [3.63, 3.8) is 0 Å². The fourth-order valence-corrected chi connectivity index (χ4v) is 4.68. The van der Waals surface area contributed by atoms with Crippen LogP contribution in [-0.2, 0) is 6.54 Å². The van der Waals surface area contributed by atoms with E-state index < -0.39 is 0 Å². The molecule has 0 radical (unpaired) electrons. The molecule has 0 unspecified atom stereocenters. The Morgan fingerprint density at radius 1 is 1.22 bits per heavy atom. The number of aliphatic hydroxyl groups excluding tert-OH is 1. The van der Waals surface area contributed by atoms with Crippen molar-refractivity contribution in [1.82, 2.24) is 14.7 Å². The van der Waals surface area contributed by atoms with Gasteiger partial charge in [-0.2, -0.15) is 0 Å². The average molecular weight is 334 g/mol. The fraction of sp³-hybridized carbons (Fsp3) is 0.667. The van der Waals surface area contributed by atoms with Crippen LogP contribution < -0.4 is 0 Å². The van der Waals surface area contributed by atoms with E-state index in [0.717, 1.165) is 12.1 Å². The van der Waals surface area contributed by atoms with E-state index in [1.54, 1.807) is 11.3 Å². The molecule has 4 nitrogen and oxygen atoms in total. The van der Waals surface area contributed by atoms with Gasteiger partial charge in [0.1, 0.15) is 6.61 Å². The summed E-state index contributed by atoms with van der Waals surface area (Å²) in [5.41, 5.74) is 1.41. The molecule has 126 valence electrons. The number of nitrogens with zero attached hydrogens (tertiary/aromatic N) is 3. The maximum atomic E-state index is 8.77. The first-order valence-corrected chi connectivity index (χ1v) is 9.28. The second-order valence-corrected chi connectivity index (χ2v) is 7.92. The largest absolute Gasteiger partial charge is 0.384 e. The molecule has 3 heterocycles. The summed E-state index contributed by atoms with van der Waals surface area (Å²) in [7, 11) is 4.55. The molecule has 1 N–H and O–H groups in total. The molecular weight excluding hydrogens is 306 g/mol. The normalized spacial score (nSPS) is 22.9. The SMILES string of the molecule is CN1CCN(C)C2(CCN(Cc3cc(C#CCO)cs3)CC2)C1. The maximum Gasteiger partial charge on any atom is 0.104 e. The highest BCUT2D eigenvalue weighted by Gasteiger charge is 2.41. The van der Waals surface area contributed by atoms with Crippen LogP contribution in [0.3, 0.4) is 0 Å². The van der Waals surface area contributed by atoms with Gasteiger partial charge in [-0.1, -0.05) is 11.8 Å². The Morgan fingerprint density at radius 2 is 2.00 bits per heavy atom. The quantitative estimate of drug-likeness (QED) is 0.827. The van der Waals surface area contributed by atoms with Gasteiger partial charge in [-0.25, -0.2) is 0 Å². The van der Waals surface area contributed by atoms with E-state index in [2.05, 4.69) is 52.1 Å². The number of rotatable bonds is 2. The van der Waals surface area contributed by atoms with Crippen molar-refractivity contribution >= 4 is 11.3 Å². The molecule has 1 aromatic rings. The van der Waals surface area contributed by atoms with Gasteiger partial charge in [-0.15, -0.1) is 11.3 Å². The third kappa shape index (κ3) is 3.96. The molecule has 0 atom stereocenters. The van der Waals surface area contributed by atoms with Crippen LogP contribution in [0.2, 0.25) is 0 Å². The highest BCUT2D eigenvalue weighted by molar-refractivity contribution is 7.10. The number of likely N-dealkylation sites (N-methyl/N-ethyl adjacent to an activating group) is 2. The van der Waals surface area contributed by atoms with Gasteiger partial charge in [0.25, 0.3) is 0 Å². The summed E-state index contributed by atoms with van der Waals surface area (Å²) < 4.78 is 0. The Bertz CT molecular complexity index is 581. The van der Waals surface area contributed by atoms with E-state index >= 15 is 0 Å². The average Bonchev–Trinajstić information content (AvgIpc) is 2.99. The summed E-state index contributed by atoms with van der Waals surface area (Å²) in [4.78, 5) is 9.03. The fourth-order valence-electron chi connectivity index (χ4n) is 3.82. The summed E-state index contributed by atoms with van der Waals surface area (Å²) >= 11 is 1.78. The van der Waals surface area contributed by atoms with E-state index in [0.29, 0.717) is 5.54 Å². The molecule has 23 heavy (non-hydrogen) atoms. The highest BCUT2D eigenvalue weighted by Crippen LogP contribution is 2.32. The minimum atomic E-state index is -0.0681. The molecule has 0 bridgehead atoms. The number of likely N-dealkylation sites (tertiary alicyclic amines) is 1. The van der Waals surface area contributed by atoms with Crippen LogP contribution in [0.15, 0.2) is 11.4 Å². The lowest BCUT2D eigenvalue weighted by Crippen LogP contribution is -2.63. The van der Waals surface area contributed by atoms with Crippen LogP contribution in [-0.4, -0.2) is 78.8 Å². The summed E-state index contributed by atoms with van der Waals surface area (Å²) in [5.74, 6) is 5.71. The number of piperazine rings is 1. The Hall–Kier alpha value is -0.900. The zero-order valence-corrected chi connectivity index (χ0v) is 15.0. The Balaban J connectivity index is 1.56. The van der Waals surface area contributed by atoms with Crippen LogP contribution >= 0.6 is 11.3 Å². The van der Waals surface area contributed by atoms with Crippen LogP contribution in [0, 0.1) is 11.8 Å². The Labute approximate surface area is 143 Å². The number of hydrogen-bond acceptors (Lipinski definition) is 5. The number of aliphatic hydroxyl groups is 1. The van der Waals surface area contributed by atoms with Crippen molar-refractivity contribution < 1.29 is 5.11 Å². The monoisotopic (exact) mass is 333 g/mol. The molecule has 2 fully saturated rings. The van der Waals surface area contributed by atoms with Crippen molar-refractivity contribution in [1.29, 1.82) is 0 Å². The standard InChI is InChI=1S/C18H27N3OS/c1-19-9-10-20(2)18(15-19)5-7-21(8-6-18)13-17-12-16(14-23-17)4-3-11-22/h12,14,22H,5-11,13,15H2,1-2H3. The molecule has 0 amide bonds. The predicted molar refractivity (Wildman–Crippen MR) is 95.7 cm³/mol. The van der Waals surface area contributed by atoms with E-state index in [-0.39, 0.29) is 6.61 Å². The first-order valence-electron chi connectivity index (χ1n) is 8.41. The zero-order valence-electron chi connectivity index (χ0n) is 14.2. The van der Waals surface area contributed by atoms with Gasteiger partial charge < -0.3 is 10.0 Å². The van der Waals surface area contributed by atoms with Gasteiger partial charge in [-0.05, 0) is 33.0 Å². The molecule has 0 aliphatic carbocycles. The molecule has 1 aromatic heterocycles. The molecule has 2 saturated heterocycles. The summed E-state index contributed by atoms with van der Waals surface area (Å²) in [6.07, 6.45) is 2.52. The lowest BCUT2D eigenvalue weighted by molar-refractivity contribution is -0.0203. The second kappa shape index (κ2) is 7.33. The lowest BCUT2D eigenvalue weighted by atomic mass is 9.84. The first kappa shape index (κ1) is 16.9. The number of hydrogen-bond donors (Lipinski definition) is 1. The smallest absolute Gasteiger partial charge is 0.104 e. The third-order valence-electron chi connectivity index (χ3n) is 5.32. The third-order valence-corrected chi connectivity index (χ3v) is 6.24. The molecule has 0 saturated carbocycles. The Kier molecular flexibility index (Phi) is 5.40. The molecule has 3 rings (SSSR count).